The van der Waals surface area contributed by atoms with Gasteiger partial charge < -0.3 is 9.47 Å². The fourth-order valence-electron chi connectivity index (χ4n) is 1.70. The van der Waals surface area contributed by atoms with Gasteiger partial charge in [-0.2, -0.15) is 0 Å². The number of hydrogen-bond acceptors (Lipinski definition) is 4. The third kappa shape index (κ3) is 2.49. The monoisotopic (exact) mass is 259 g/mol. The highest BCUT2D eigenvalue weighted by Gasteiger charge is 2.17. The lowest BCUT2D eigenvalue weighted by atomic mass is 10.2. The van der Waals surface area contributed by atoms with Crippen LogP contribution in [-0.2, 0) is 4.74 Å². The van der Waals surface area contributed by atoms with Crippen LogP contribution < -0.4 is 4.74 Å². The summed E-state index contributed by atoms with van der Waals surface area (Å²) in [6.07, 6.45) is 1.53. The van der Waals surface area contributed by atoms with Crippen molar-refractivity contribution < 1.29 is 19.1 Å². The standard InChI is InChI=1S/C14H13NO4/c1-18-11-7-5-10(6-8-11)13(16)15-9-3-4-12(15)14(17)19-2/h3-9H,1-2H3. The van der Waals surface area contributed by atoms with Gasteiger partial charge in [0.1, 0.15) is 11.4 Å². The summed E-state index contributed by atoms with van der Waals surface area (Å²) in [6.45, 7) is 0. The minimum absolute atomic E-state index is 0.198. The second-order valence-electron chi connectivity index (χ2n) is 3.79. The summed E-state index contributed by atoms with van der Waals surface area (Å²) >= 11 is 0. The van der Waals surface area contributed by atoms with Crippen molar-refractivity contribution in [2.24, 2.45) is 0 Å². The van der Waals surface area contributed by atoms with Gasteiger partial charge in [0.2, 0.25) is 0 Å². The first-order valence-electron chi connectivity index (χ1n) is 5.62. The van der Waals surface area contributed by atoms with Gasteiger partial charge in [0.25, 0.3) is 5.91 Å². The molecule has 2 aromatic rings. The Morgan fingerprint density at radius 2 is 1.74 bits per heavy atom. The van der Waals surface area contributed by atoms with E-state index in [1.165, 1.54) is 23.9 Å². The summed E-state index contributed by atoms with van der Waals surface area (Å²) in [5, 5.41) is 0. The zero-order valence-corrected chi connectivity index (χ0v) is 10.6. The number of benzene rings is 1. The summed E-state index contributed by atoms with van der Waals surface area (Å²) in [5.41, 5.74) is 0.658. The van der Waals surface area contributed by atoms with Crippen LogP contribution >= 0.6 is 0 Å². The van der Waals surface area contributed by atoms with Gasteiger partial charge in [-0.1, -0.05) is 0 Å². The topological polar surface area (TPSA) is 57.5 Å². The Morgan fingerprint density at radius 1 is 1.05 bits per heavy atom. The Balaban J connectivity index is 2.33. The van der Waals surface area contributed by atoms with Crippen molar-refractivity contribution in [3.05, 3.63) is 53.9 Å². The molecule has 19 heavy (non-hydrogen) atoms. The molecule has 5 heteroatoms. The van der Waals surface area contributed by atoms with E-state index in [1.807, 2.05) is 0 Å². The van der Waals surface area contributed by atoms with Crippen LogP contribution in [-0.4, -0.2) is 30.7 Å². The molecule has 1 heterocycles. The van der Waals surface area contributed by atoms with E-state index in [1.54, 1.807) is 37.4 Å². The zero-order valence-electron chi connectivity index (χ0n) is 10.6. The van der Waals surface area contributed by atoms with Crippen LogP contribution in [0, 0.1) is 0 Å². The molecule has 0 unspecified atom stereocenters. The summed E-state index contributed by atoms with van der Waals surface area (Å²) in [5.74, 6) is -0.183. The summed E-state index contributed by atoms with van der Waals surface area (Å²) in [4.78, 5) is 23.8. The number of aromatic nitrogens is 1. The van der Waals surface area contributed by atoms with Crippen molar-refractivity contribution in [2.75, 3.05) is 14.2 Å². The van der Waals surface area contributed by atoms with Crippen molar-refractivity contribution in [1.82, 2.24) is 4.57 Å². The number of hydrogen-bond donors (Lipinski definition) is 0. The van der Waals surface area contributed by atoms with Crippen molar-refractivity contribution >= 4 is 11.9 Å². The van der Waals surface area contributed by atoms with Crippen LogP contribution in [0.3, 0.4) is 0 Å². The molecule has 0 saturated heterocycles. The van der Waals surface area contributed by atoms with E-state index in [0.717, 1.165) is 0 Å². The molecule has 2 rings (SSSR count). The molecule has 0 aliphatic carbocycles. The van der Waals surface area contributed by atoms with Gasteiger partial charge in [0.15, 0.2) is 0 Å². The fraction of sp³-hybridized carbons (Fsp3) is 0.143. The molecule has 0 N–H and O–H groups in total. The summed E-state index contributed by atoms with van der Waals surface area (Å²) in [6, 6.07) is 9.81. The smallest absolute Gasteiger partial charge is 0.355 e. The molecule has 0 aliphatic heterocycles. The molecule has 0 saturated carbocycles. The van der Waals surface area contributed by atoms with Crippen LogP contribution in [0.15, 0.2) is 42.6 Å². The Morgan fingerprint density at radius 3 is 2.32 bits per heavy atom. The van der Waals surface area contributed by atoms with Gasteiger partial charge in [-0.25, -0.2) is 4.79 Å². The first-order chi connectivity index (χ1) is 9.17. The highest BCUT2D eigenvalue weighted by Crippen LogP contribution is 2.14. The molecule has 98 valence electrons. The number of esters is 1. The highest BCUT2D eigenvalue weighted by atomic mass is 16.5. The van der Waals surface area contributed by atoms with Crippen molar-refractivity contribution in [3.63, 3.8) is 0 Å². The van der Waals surface area contributed by atoms with Gasteiger partial charge in [0.05, 0.1) is 14.2 Å². The highest BCUT2D eigenvalue weighted by molar-refractivity contribution is 6.01. The predicted molar refractivity (Wildman–Crippen MR) is 68.5 cm³/mol. The summed E-state index contributed by atoms with van der Waals surface area (Å²) in [7, 11) is 2.83. The fourth-order valence-corrected chi connectivity index (χ4v) is 1.70. The molecule has 0 radical (unpaired) electrons. The van der Waals surface area contributed by atoms with E-state index in [4.69, 9.17) is 4.74 Å². The van der Waals surface area contributed by atoms with Gasteiger partial charge >= 0.3 is 5.97 Å². The molecular formula is C14H13NO4. The normalized spacial score (nSPS) is 10.0. The SMILES string of the molecule is COC(=O)c1cccn1C(=O)c1ccc(OC)cc1. The molecular weight excluding hydrogens is 246 g/mol. The molecule has 0 atom stereocenters. The van der Waals surface area contributed by atoms with E-state index in [9.17, 15) is 9.59 Å². The number of carbonyl (C=O) groups is 2. The van der Waals surface area contributed by atoms with Gasteiger partial charge in [-0.05, 0) is 36.4 Å². The van der Waals surface area contributed by atoms with Crippen LogP contribution in [0.4, 0.5) is 0 Å². The number of rotatable bonds is 3. The zero-order chi connectivity index (χ0) is 13.8. The quantitative estimate of drug-likeness (QED) is 0.791. The average Bonchev–Trinajstić information content (AvgIpc) is 2.95. The second-order valence-corrected chi connectivity index (χ2v) is 3.79. The van der Waals surface area contributed by atoms with E-state index in [0.29, 0.717) is 11.3 Å². The Labute approximate surface area is 110 Å². The van der Waals surface area contributed by atoms with Crippen molar-refractivity contribution in [3.8, 4) is 5.75 Å². The van der Waals surface area contributed by atoms with Crippen LogP contribution in [0.2, 0.25) is 0 Å². The lowest BCUT2D eigenvalue weighted by Gasteiger charge is -2.07. The molecule has 0 aliphatic rings. The van der Waals surface area contributed by atoms with E-state index in [-0.39, 0.29) is 11.6 Å². The van der Waals surface area contributed by atoms with Gasteiger partial charge in [0, 0.05) is 11.8 Å². The minimum atomic E-state index is -0.549. The largest absolute Gasteiger partial charge is 0.497 e. The molecule has 0 fully saturated rings. The van der Waals surface area contributed by atoms with E-state index < -0.39 is 5.97 Å². The summed E-state index contributed by atoms with van der Waals surface area (Å²) < 4.78 is 10.9. The predicted octanol–water partition coefficient (Wildman–Crippen LogP) is 1.97. The number of nitrogens with zero attached hydrogens (tertiary/aromatic N) is 1. The average molecular weight is 259 g/mol. The van der Waals surface area contributed by atoms with Crippen LogP contribution in [0.25, 0.3) is 0 Å². The lowest BCUT2D eigenvalue weighted by molar-refractivity contribution is 0.0583. The Kier molecular flexibility index (Phi) is 3.66. The number of methoxy groups -OCH3 is 2. The third-order valence-corrected chi connectivity index (χ3v) is 2.70. The van der Waals surface area contributed by atoms with E-state index >= 15 is 0 Å². The molecule has 1 aromatic carbocycles. The molecule has 0 spiro atoms. The maximum absolute atomic E-state index is 12.3. The molecule has 0 bridgehead atoms. The van der Waals surface area contributed by atoms with Crippen LogP contribution in [0.5, 0.6) is 5.75 Å². The van der Waals surface area contributed by atoms with Crippen molar-refractivity contribution in [2.45, 2.75) is 0 Å². The molecule has 5 nitrogen and oxygen atoms in total. The maximum Gasteiger partial charge on any atom is 0.355 e. The second kappa shape index (κ2) is 5.39. The van der Waals surface area contributed by atoms with Gasteiger partial charge in [-0.15, -0.1) is 0 Å². The van der Waals surface area contributed by atoms with Crippen molar-refractivity contribution in [1.29, 1.82) is 0 Å². The van der Waals surface area contributed by atoms with Gasteiger partial charge in [-0.3, -0.25) is 9.36 Å². The maximum atomic E-state index is 12.3. The minimum Gasteiger partial charge on any atom is -0.497 e. The Bertz CT molecular complexity index is 598. The van der Waals surface area contributed by atoms with Crippen LogP contribution in [0.1, 0.15) is 20.8 Å². The first kappa shape index (κ1) is 12.9. The molecule has 0 amide bonds. The lowest BCUT2D eigenvalue weighted by Crippen LogP contribution is -2.17. The number of carbonyl (C=O) groups excluding carboxylic acids is 2. The first-order valence-corrected chi connectivity index (χ1v) is 5.62. The molecule has 1 aromatic heterocycles. The third-order valence-electron chi connectivity index (χ3n) is 2.70. The van der Waals surface area contributed by atoms with E-state index in [2.05, 4.69) is 4.74 Å². The number of ether oxygens (including phenoxy) is 2. The Hall–Kier alpha value is -2.56.